The fourth-order valence-corrected chi connectivity index (χ4v) is 4.18. The molecule has 1 aliphatic heterocycles. The van der Waals surface area contributed by atoms with Gasteiger partial charge in [-0.25, -0.2) is 0 Å². The van der Waals surface area contributed by atoms with E-state index in [0.717, 1.165) is 11.8 Å². The maximum absolute atomic E-state index is 3.51. The number of hydrogen-bond donors (Lipinski definition) is 1. The molecular weight excluding hydrogens is 202 g/mol. The fourth-order valence-electron chi connectivity index (χ4n) is 2.85. The lowest BCUT2D eigenvalue weighted by Gasteiger charge is -2.22. The molecule has 2 fully saturated rings. The third-order valence-electron chi connectivity index (χ3n) is 3.90. The normalized spacial score (nSPS) is 28.4. The van der Waals surface area contributed by atoms with Gasteiger partial charge in [0, 0.05) is 0 Å². The van der Waals surface area contributed by atoms with Gasteiger partial charge in [0.25, 0.3) is 0 Å². The van der Waals surface area contributed by atoms with Crippen molar-refractivity contribution in [2.75, 3.05) is 24.6 Å². The van der Waals surface area contributed by atoms with Crippen LogP contribution in [0, 0.1) is 11.8 Å². The van der Waals surface area contributed by atoms with Crippen molar-refractivity contribution in [3.8, 4) is 0 Å². The smallest absolute Gasteiger partial charge is 0.00202 e. The van der Waals surface area contributed by atoms with Gasteiger partial charge in [0.05, 0.1) is 0 Å². The molecule has 1 aliphatic carbocycles. The minimum atomic E-state index is 0.981. The summed E-state index contributed by atoms with van der Waals surface area (Å²) in [6, 6.07) is 0. The first-order chi connectivity index (χ1) is 7.45. The zero-order valence-electron chi connectivity index (χ0n) is 9.84. The zero-order valence-corrected chi connectivity index (χ0v) is 10.7. The monoisotopic (exact) mass is 227 g/mol. The van der Waals surface area contributed by atoms with E-state index in [2.05, 4.69) is 17.1 Å². The molecule has 0 spiro atoms. The van der Waals surface area contributed by atoms with Gasteiger partial charge in [0.15, 0.2) is 0 Å². The summed E-state index contributed by atoms with van der Waals surface area (Å²) < 4.78 is 0. The van der Waals surface area contributed by atoms with Gasteiger partial charge >= 0.3 is 0 Å². The Labute approximate surface area is 98.8 Å². The minimum absolute atomic E-state index is 0.981. The van der Waals surface area contributed by atoms with Gasteiger partial charge in [-0.2, -0.15) is 11.8 Å². The van der Waals surface area contributed by atoms with E-state index in [1.807, 2.05) is 0 Å². The SMILES string of the molecule is C1CNCC(CCSCC2CCCC2)C1. The van der Waals surface area contributed by atoms with E-state index < -0.39 is 0 Å². The summed E-state index contributed by atoms with van der Waals surface area (Å²) in [5, 5.41) is 3.51. The maximum Gasteiger partial charge on any atom is -0.00202 e. The highest BCUT2D eigenvalue weighted by molar-refractivity contribution is 7.99. The first kappa shape index (κ1) is 11.8. The van der Waals surface area contributed by atoms with Crippen molar-refractivity contribution in [3.63, 3.8) is 0 Å². The Hall–Kier alpha value is 0.310. The zero-order chi connectivity index (χ0) is 10.3. The second-order valence-electron chi connectivity index (χ2n) is 5.23. The summed E-state index contributed by atoms with van der Waals surface area (Å²) in [6.07, 6.45) is 10.3. The Morgan fingerprint density at radius 3 is 2.53 bits per heavy atom. The molecule has 0 aromatic rings. The van der Waals surface area contributed by atoms with Gasteiger partial charge in [0.2, 0.25) is 0 Å². The molecule has 0 aromatic carbocycles. The lowest BCUT2D eigenvalue weighted by molar-refractivity contribution is 0.371. The lowest BCUT2D eigenvalue weighted by atomic mass is 9.97. The Morgan fingerprint density at radius 2 is 1.80 bits per heavy atom. The van der Waals surface area contributed by atoms with Crippen LogP contribution in [0.5, 0.6) is 0 Å². The van der Waals surface area contributed by atoms with Crippen LogP contribution in [-0.2, 0) is 0 Å². The van der Waals surface area contributed by atoms with Gasteiger partial charge in [-0.15, -0.1) is 0 Å². The molecule has 1 nitrogen and oxygen atoms in total. The minimum Gasteiger partial charge on any atom is -0.316 e. The van der Waals surface area contributed by atoms with Crippen LogP contribution in [0.3, 0.4) is 0 Å². The third-order valence-corrected chi connectivity index (χ3v) is 5.13. The van der Waals surface area contributed by atoms with E-state index in [0.29, 0.717) is 0 Å². The number of piperidine rings is 1. The van der Waals surface area contributed by atoms with Crippen LogP contribution in [-0.4, -0.2) is 24.6 Å². The second kappa shape index (κ2) is 6.80. The molecule has 0 amide bonds. The molecule has 1 atom stereocenters. The van der Waals surface area contributed by atoms with Crippen molar-refractivity contribution < 1.29 is 0 Å². The largest absolute Gasteiger partial charge is 0.316 e. The lowest BCUT2D eigenvalue weighted by Crippen LogP contribution is -2.30. The van der Waals surface area contributed by atoms with E-state index in [-0.39, 0.29) is 0 Å². The van der Waals surface area contributed by atoms with Crippen LogP contribution in [0.2, 0.25) is 0 Å². The van der Waals surface area contributed by atoms with Gasteiger partial charge in [-0.05, 0) is 68.5 Å². The molecule has 0 aromatic heterocycles. The number of hydrogen-bond acceptors (Lipinski definition) is 2. The van der Waals surface area contributed by atoms with E-state index in [9.17, 15) is 0 Å². The van der Waals surface area contributed by atoms with E-state index in [4.69, 9.17) is 0 Å². The number of thioether (sulfide) groups is 1. The van der Waals surface area contributed by atoms with E-state index in [1.54, 1.807) is 0 Å². The van der Waals surface area contributed by atoms with Crippen molar-refractivity contribution in [2.45, 2.75) is 44.9 Å². The molecule has 15 heavy (non-hydrogen) atoms. The Bertz CT molecular complexity index is 160. The van der Waals surface area contributed by atoms with Crippen LogP contribution < -0.4 is 5.32 Å². The van der Waals surface area contributed by atoms with Crippen LogP contribution in [0.15, 0.2) is 0 Å². The third kappa shape index (κ3) is 4.36. The van der Waals surface area contributed by atoms with E-state index in [1.165, 1.54) is 69.5 Å². The van der Waals surface area contributed by atoms with Crippen molar-refractivity contribution >= 4 is 11.8 Å². The molecular formula is C13H25NS. The first-order valence-corrected chi connectivity index (χ1v) is 7.89. The second-order valence-corrected chi connectivity index (χ2v) is 6.38. The standard InChI is InChI=1S/C13H25NS/c1-2-5-13(4-1)11-15-9-7-12-6-3-8-14-10-12/h12-14H,1-11H2. The summed E-state index contributed by atoms with van der Waals surface area (Å²) in [5.41, 5.74) is 0. The van der Waals surface area contributed by atoms with E-state index >= 15 is 0 Å². The van der Waals surface area contributed by atoms with Gasteiger partial charge in [-0.1, -0.05) is 12.8 Å². The molecule has 1 unspecified atom stereocenters. The molecule has 1 saturated heterocycles. The van der Waals surface area contributed by atoms with Crippen LogP contribution in [0.1, 0.15) is 44.9 Å². The highest BCUT2D eigenvalue weighted by Crippen LogP contribution is 2.28. The number of rotatable bonds is 5. The molecule has 2 aliphatic rings. The molecule has 88 valence electrons. The molecule has 0 radical (unpaired) electrons. The van der Waals surface area contributed by atoms with Gasteiger partial charge in [-0.3, -0.25) is 0 Å². The van der Waals surface area contributed by atoms with Crippen LogP contribution >= 0.6 is 11.8 Å². The first-order valence-electron chi connectivity index (χ1n) is 6.73. The molecule has 1 N–H and O–H groups in total. The maximum atomic E-state index is 3.51. The topological polar surface area (TPSA) is 12.0 Å². The Kier molecular flexibility index (Phi) is 5.34. The summed E-state index contributed by atoms with van der Waals surface area (Å²) in [6.45, 7) is 2.54. The van der Waals surface area contributed by atoms with Crippen molar-refractivity contribution in [1.82, 2.24) is 5.32 Å². The van der Waals surface area contributed by atoms with Gasteiger partial charge < -0.3 is 5.32 Å². The fraction of sp³-hybridized carbons (Fsp3) is 1.00. The molecule has 1 heterocycles. The molecule has 2 rings (SSSR count). The quantitative estimate of drug-likeness (QED) is 0.723. The Balaban J connectivity index is 1.47. The number of nitrogens with one attached hydrogen (secondary N) is 1. The van der Waals surface area contributed by atoms with Crippen molar-refractivity contribution in [3.05, 3.63) is 0 Å². The van der Waals surface area contributed by atoms with Crippen LogP contribution in [0.25, 0.3) is 0 Å². The summed E-state index contributed by atoms with van der Waals surface area (Å²) >= 11 is 2.22. The van der Waals surface area contributed by atoms with Crippen LogP contribution in [0.4, 0.5) is 0 Å². The average molecular weight is 227 g/mol. The molecule has 1 saturated carbocycles. The summed E-state index contributed by atoms with van der Waals surface area (Å²) in [5.74, 6) is 4.90. The average Bonchev–Trinajstić information content (AvgIpc) is 2.79. The Morgan fingerprint density at radius 1 is 1.00 bits per heavy atom. The van der Waals surface area contributed by atoms with Crippen molar-refractivity contribution in [1.29, 1.82) is 0 Å². The molecule has 2 heteroatoms. The summed E-state index contributed by atoms with van der Waals surface area (Å²) in [7, 11) is 0. The highest BCUT2D eigenvalue weighted by Gasteiger charge is 2.16. The summed E-state index contributed by atoms with van der Waals surface area (Å²) in [4.78, 5) is 0. The predicted octanol–water partition coefficient (Wildman–Crippen LogP) is 3.30. The highest BCUT2D eigenvalue weighted by atomic mass is 32.2. The van der Waals surface area contributed by atoms with Crippen molar-refractivity contribution in [2.24, 2.45) is 11.8 Å². The van der Waals surface area contributed by atoms with Gasteiger partial charge in [0.1, 0.15) is 0 Å². The predicted molar refractivity (Wildman–Crippen MR) is 69.5 cm³/mol. The molecule has 0 bridgehead atoms.